The lowest BCUT2D eigenvalue weighted by Gasteiger charge is -2.41. The van der Waals surface area contributed by atoms with Crippen LogP contribution in [0.3, 0.4) is 0 Å². The molecule has 4 heteroatoms. The Bertz CT molecular complexity index is 446. The molecule has 0 spiro atoms. The number of ether oxygens (including phenoxy) is 1. The summed E-state index contributed by atoms with van der Waals surface area (Å²) in [6.07, 6.45) is 1.86. The van der Waals surface area contributed by atoms with Crippen molar-refractivity contribution in [2.75, 3.05) is 27.7 Å². The van der Waals surface area contributed by atoms with Crippen LogP contribution in [-0.4, -0.2) is 44.2 Å². The Labute approximate surface area is 128 Å². The van der Waals surface area contributed by atoms with Crippen LogP contribution in [-0.2, 0) is 6.42 Å². The molecule has 0 saturated carbocycles. The molecule has 0 saturated heterocycles. The van der Waals surface area contributed by atoms with E-state index in [-0.39, 0.29) is 17.4 Å². The molecule has 0 amide bonds. The molecular weight excluding hydrogens is 267 g/mol. The maximum atomic E-state index is 13.9. The van der Waals surface area contributed by atoms with Gasteiger partial charge in [0.15, 0.2) is 11.6 Å². The van der Waals surface area contributed by atoms with Gasteiger partial charge >= 0.3 is 0 Å². The lowest BCUT2D eigenvalue weighted by molar-refractivity contribution is 0.137. The van der Waals surface area contributed by atoms with Crippen molar-refractivity contribution in [3.8, 4) is 5.75 Å². The Hall–Kier alpha value is -1.13. The number of hydrogen-bond acceptors (Lipinski definition) is 3. The Morgan fingerprint density at radius 1 is 1.33 bits per heavy atom. The first-order valence-electron chi connectivity index (χ1n) is 7.56. The van der Waals surface area contributed by atoms with Gasteiger partial charge in [-0.2, -0.15) is 0 Å². The zero-order valence-corrected chi connectivity index (χ0v) is 14.2. The minimum atomic E-state index is -0.299. The van der Waals surface area contributed by atoms with Gasteiger partial charge in [0.2, 0.25) is 0 Å². The first-order chi connectivity index (χ1) is 9.82. The lowest BCUT2D eigenvalue weighted by Crippen LogP contribution is -2.56. The van der Waals surface area contributed by atoms with Crippen molar-refractivity contribution in [1.82, 2.24) is 10.2 Å². The molecule has 0 bridgehead atoms. The molecule has 0 radical (unpaired) electrons. The maximum Gasteiger partial charge on any atom is 0.165 e. The molecule has 1 atom stereocenters. The second kappa shape index (κ2) is 7.76. The number of halogens is 1. The second-order valence-corrected chi connectivity index (χ2v) is 6.23. The number of hydrogen-bond donors (Lipinski definition) is 1. The number of likely N-dealkylation sites (N-methyl/N-ethyl adjacent to an activating group) is 1. The predicted molar refractivity (Wildman–Crippen MR) is 86.5 cm³/mol. The number of nitrogens with one attached hydrogen (secondary N) is 1. The van der Waals surface area contributed by atoms with Crippen LogP contribution in [0, 0.1) is 5.82 Å². The van der Waals surface area contributed by atoms with Gasteiger partial charge in [-0.05, 0) is 65.0 Å². The fraction of sp³-hybridized carbons (Fsp3) is 0.647. The molecule has 0 fully saturated rings. The molecule has 0 aromatic heterocycles. The van der Waals surface area contributed by atoms with E-state index >= 15 is 0 Å². The molecule has 0 aliphatic carbocycles. The lowest BCUT2D eigenvalue weighted by atomic mass is 9.88. The number of benzene rings is 1. The summed E-state index contributed by atoms with van der Waals surface area (Å²) in [5.41, 5.74) is 0.961. The SMILES string of the molecule is CCCNC(Cc1ccc(OC)c(F)c1)C(C)(C)N(C)C. The van der Waals surface area contributed by atoms with Gasteiger partial charge in [0.05, 0.1) is 7.11 Å². The van der Waals surface area contributed by atoms with Gasteiger partial charge < -0.3 is 15.0 Å². The Morgan fingerprint density at radius 3 is 2.48 bits per heavy atom. The van der Waals surface area contributed by atoms with E-state index in [4.69, 9.17) is 4.74 Å². The third-order valence-electron chi connectivity index (χ3n) is 4.30. The van der Waals surface area contributed by atoms with Crippen LogP contribution in [0.5, 0.6) is 5.75 Å². The van der Waals surface area contributed by atoms with Crippen molar-refractivity contribution in [3.63, 3.8) is 0 Å². The van der Waals surface area contributed by atoms with E-state index in [2.05, 4.69) is 45.1 Å². The van der Waals surface area contributed by atoms with Gasteiger partial charge in [0.25, 0.3) is 0 Å². The van der Waals surface area contributed by atoms with Crippen molar-refractivity contribution in [1.29, 1.82) is 0 Å². The van der Waals surface area contributed by atoms with Crippen LogP contribution in [0.4, 0.5) is 4.39 Å². The minimum absolute atomic E-state index is 0.0222. The average Bonchev–Trinajstić information content (AvgIpc) is 2.43. The largest absolute Gasteiger partial charge is 0.494 e. The molecular formula is C17H29FN2O. The normalized spacial score (nSPS) is 13.5. The summed E-state index contributed by atoms with van der Waals surface area (Å²) in [6, 6.07) is 5.46. The highest BCUT2D eigenvalue weighted by Crippen LogP contribution is 2.23. The minimum Gasteiger partial charge on any atom is -0.494 e. The molecule has 120 valence electrons. The van der Waals surface area contributed by atoms with Crippen LogP contribution in [0.15, 0.2) is 18.2 Å². The molecule has 1 aromatic rings. The Morgan fingerprint density at radius 2 is 2.00 bits per heavy atom. The molecule has 1 aromatic carbocycles. The molecule has 0 aliphatic rings. The number of nitrogens with zero attached hydrogens (tertiary/aromatic N) is 1. The van der Waals surface area contributed by atoms with Gasteiger partial charge in [-0.25, -0.2) is 4.39 Å². The van der Waals surface area contributed by atoms with Crippen LogP contribution < -0.4 is 10.1 Å². The zero-order valence-electron chi connectivity index (χ0n) is 14.2. The number of methoxy groups -OCH3 is 1. The molecule has 21 heavy (non-hydrogen) atoms. The standard InChI is InChI=1S/C17H29FN2O/c1-7-10-19-16(17(2,3)20(4)5)12-13-8-9-15(21-6)14(18)11-13/h8-9,11,16,19H,7,10,12H2,1-6H3. The average molecular weight is 296 g/mol. The highest BCUT2D eigenvalue weighted by Gasteiger charge is 2.31. The summed E-state index contributed by atoms with van der Waals surface area (Å²) in [6.45, 7) is 7.53. The molecule has 0 aliphatic heterocycles. The highest BCUT2D eigenvalue weighted by atomic mass is 19.1. The summed E-state index contributed by atoms with van der Waals surface area (Å²) >= 11 is 0. The quantitative estimate of drug-likeness (QED) is 0.798. The number of rotatable bonds is 8. The van der Waals surface area contributed by atoms with Crippen molar-refractivity contribution in [3.05, 3.63) is 29.6 Å². The van der Waals surface area contributed by atoms with Gasteiger partial charge in [0, 0.05) is 11.6 Å². The van der Waals surface area contributed by atoms with Crippen LogP contribution in [0.1, 0.15) is 32.8 Å². The van der Waals surface area contributed by atoms with Gasteiger partial charge in [-0.3, -0.25) is 0 Å². The summed E-state index contributed by atoms with van der Waals surface area (Å²) in [5.74, 6) is -0.00409. The summed E-state index contributed by atoms with van der Waals surface area (Å²) in [5, 5.41) is 3.59. The smallest absolute Gasteiger partial charge is 0.165 e. The van der Waals surface area contributed by atoms with Crippen LogP contribution >= 0.6 is 0 Å². The first-order valence-corrected chi connectivity index (χ1v) is 7.56. The van der Waals surface area contributed by atoms with Gasteiger partial charge in [-0.1, -0.05) is 13.0 Å². The summed E-state index contributed by atoms with van der Waals surface area (Å²) in [7, 11) is 5.64. The third kappa shape index (κ3) is 4.68. The summed E-state index contributed by atoms with van der Waals surface area (Å²) < 4.78 is 18.8. The van der Waals surface area contributed by atoms with Crippen LogP contribution in [0.25, 0.3) is 0 Å². The Kier molecular flexibility index (Phi) is 6.62. The third-order valence-corrected chi connectivity index (χ3v) is 4.30. The molecule has 1 N–H and O–H groups in total. The van der Waals surface area contributed by atoms with E-state index in [1.165, 1.54) is 7.11 Å². The first kappa shape index (κ1) is 17.9. The van der Waals surface area contributed by atoms with Crippen molar-refractivity contribution in [2.45, 2.75) is 45.2 Å². The zero-order chi connectivity index (χ0) is 16.0. The molecule has 1 unspecified atom stereocenters. The second-order valence-electron chi connectivity index (χ2n) is 6.23. The fourth-order valence-corrected chi connectivity index (χ4v) is 2.27. The van der Waals surface area contributed by atoms with Crippen molar-refractivity contribution >= 4 is 0 Å². The summed E-state index contributed by atoms with van der Waals surface area (Å²) in [4.78, 5) is 2.21. The monoisotopic (exact) mass is 296 g/mol. The highest BCUT2D eigenvalue weighted by molar-refractivity contribution is 5.30. The predicted octanol–water partition coefficient (Wildman–Crippen LogP) is 3.09. The van der Waals surface area contributed by atoms with Crippen LogP contribution in [0.2, 0.25) is 0 Å². The van der Waals surface area contributed by atoms with Gasteiger partial charge in [-0.15, -0.1) is 0 Å². The van der Waals surface area contributed by atoms with E-state index in [0.29, 0.717) is 5.75 Å². The maximum absolute atomic E-state index is 13.9. The Balaban J connectivity index is 2.93. The molecule has 3 nitrogen and oxygen atoms in total. The van der Waals surface area contributed by atoms with E-state index in [1.807, 2.05) is 6.07 Å². The van der Waals surface area contributed by atoms with Crippen molar-refractivity contribution in [2.24, 2.45) is 0 Å². The topological polar surface area (TPSA) is 24.5 Å². The van der Waals surface area contributed by atoms with Crippen molar-refractivity contribution < 1.29 is 9.13 Å². The molecule has 1 rings (SSSR count). The fourth-order valence-electron chi connectivity index (χ4n) is 2.27. The van der Waals surface area contributed by atoms with E-state index in [0.717, 1.165) is 24.9 Å². The molecule has 0 heterocycles. The van der Waals surface area contributed by atoms with E-state index in [9.17, 15) is 4.39 Å². The van der Waals surface area contributed by atoms with E-state index in [1.54, 1.807) is 12.1 Å². The van der Waals surface area contributed by atoms with E-state index < -0.39 is 0 Å². The van der Waals surface area contributed by atoms with Gasteiger partial charge in [0.1, 0.15) is 0 Å².